The molecule has 0 spiro atoms. The minimum Gasteiger partial charge on any atom is -0.480 e. The first kappa shape index (κ1) is 22.1. The summed E-state index contributed by atoms with van der Waals surface area (Å²) in [5, 5.41) is 13.9. The van der Waals surface area contributed by atoms with Gasteiger partial charge in [-0.1, -0.05) is 48.5 Å². The molecule has 9 nitrogen and oxygen atoms in total. The number of ether oxygens (including phenoxy) is 1. The molecule has 3 N–H and O–H groups in total. The van der Waals surface area contributed by atoms with Crippen LogP contribution >= 0.6 is 0 Å². The molecular weight excluding hydrogens is 424 g/mol. The largest absolute Gasteiger partial charge is 0.480 e. The van der Waals surface area contributed by atoms with Crippen LogP contribution in [-0.2, 0) is 16.1 Å². The van der Waals surface area contributed by atoms with Crippen LogP contribution in [0.3, 0.4) is 0 Å². The van der Waals surface area contributed by atoms with Crippen LogP contribution in [0.1, 0.15) is 34.5 Å². The number of nitrogens with zero attached hydrogens (tertiary/aromatic N) is 2. The van der Waals surface area contributed by atoms with Crippen molar-refractivity contribution < 1.29 is 24.2 Å². The zero-order valence-electron chi connectivity index (χ0n) is 18.0. The van der Waals surface area contributed by atoms with Crippen LogP contribution in [0.15, 0.2) is 61.1 Å². The van der Waals surface area contributed by atoms with Gasteiger partial charge in [0.05, 0.1) is 6.33 Å². The van der Waals surface area contributed by atoms with Gasteiger partial charge in [0, 0.05) is 25.2 Å². The Morgan fingerprint density at radius 3 is 2.36 bits per heavy atom. The summed E-state index contributed by atoms with van der Waals surface area (Å²) in [4.78, 5) is 39.1. The second kappa shape index (κ2) is 9.56. The lowest BCUT2D eigenvalue weighted by Crippen LogP contribution is -2.38. The number of aliphatic carboxylic acids is 1. The Hall–Kier alpha value is -4.14. The number of fused-ring (bicyclic) bond motifs is 3. The zero-order chi connectivity index (χ0) is 23.4. The highest BCUT2D eigenvalue weighted by molar-refractivity contribution is 5.94. The van der Waals surface area contributed by atoms with Crippen molar-refractivity contribution >= 4 is 18.0 Å². The van der Waals surface area contributed by atoms with Crippen LogP contribution in [0.5, 0.6) is 0 Å². The fraction of sp³-hybridized carbons (Fsp3) is 0.250. The molecule has 1 aliphatic rings. The van der Waals surface area contributed by atoms with Gasteiger partial charge in [0.1, 0.15) is 18.3 Å². The highest BCUT2D eigenvalue weighted by Gasteiger charge is 2.29. The second-order valence-electron chi connectivity index (χ2n) is 7.78. The molecule has 170 valence electrons. The summed E-state index contributed by atoms with van der Waals surface area (Å²) in [6.45, 7) is 2.26. The summed E-state index contributed by atoms with van der Waals surface area (Å²) in [7, 11) is 0. The number of hydrogen-bond donors (Lipinski definition) is 3. The molecule has 0 bridgehead atoms. The highest BCUT2D eigenvalue weighted by atomic mass is 16.5. The lowest BCUT2D eigenvalue weighted by molar-refractivity contribution is -0.138. The van der Waals surface area contributed by atoms with E-state index in [4.69, 9.17) is 9.84 Å². The van der Waals surface area contributed by atoms with Crippen molar-refractivity contribution in [2.24, 2.45) is 0 Å². The Morgan fingerprint density at radius 1 is 1.09 bits per heavy atom. The maximum Gasteiger partial charge on any atom is 0.407 e. The van der Waals surface area contributed by atoms with E-state index in [1.165, 1.54) is 30.6 Å². The van der Waals surface area contributed by atoms with Crippen molar-refractivity contribution in [1.82, 2.24) is 20.2 Å². The average molecular weight is 448 g/mol. The van der Waals surface area contributed by atoms with Crippen LogP contribution in [0, 0.1) is 0 Å². The fourth-order valence-corrected chi connectivity index (χ4v) is 3.87. The number of benzene rings is 2. The molecule has 9 heteroatoms. The van der Waals surface area contributed by atoms with Crippen LogP contribution in [-0.4, -0.2) is 51.8 Å². The first-order valence-electron chi connectivity index (χ1n) is 10.6. The normalized spacial score (nSPS) is 13.0. The van der Waals surface area contributed by atoms with Gasteiger partial charge in [-0.2, -0.15) is 0 Å². The van der Waals surface area contributed by atoms with E-state index in [0.29, 0.717) is 6.54 Å². The summed E-state index contributed by atoms with van der Waals surface area (Å²) in [6.07, 6.45) is 2.41. The third-order valence-corrected chi connectivity index (χ3v) is 5.57. The third-order valence-electron chi connectivity index (χ3n) is 5.57. The van der Waals surface area contributed by atoms with E-state index in [9.17, 15) is 14.4 Å². The number of amides is 2. The van der Waals surface area contributed by atoms with Crippen molar-refractivity contribution in [3.8, 4) is 11.1 Å². The summed E-state index contributed by atoms with van der Waals surface area (Å²) in [6, 6.07) is 15.2. The molecule has 0 radical (unpaired) electrons. The Labute approximate surface area is 190 Å². The van der Waals surface area contributed by atoms with Crippen LogP contribution in [0.25, 0.3) is 11.1 Å². The first-order valence-corrected chi connectivity index (χ1v) is 10.6. The molecule has 0 aliphatic heterocycles. The molecule has 1 aromatic heterocycles. The molecule has 1 unspecified atom stereocenters. The molecule has 0 saturated carbocycles. The van der Waals surface area contributed by atoms with Crippen LogP contribution < -0.4 is 10.6 Å². The van der Waals surface area contributed by atoms with Crippen LogP contribution in [0.4, 0.5) is 4.79 Å². The molecule has 4 rings (SSSR count). The summed E-state index contributed by atoms with van der Waals surface area (Å²) < 4.78 is 7.12. The number of alkyl carbamates (subject to hydrolysis) is 1. The minimum atomic E-state index is -1.13. The number of carbonyl (C=O) groups excluding carboxylic acids is 2. The molecule has 2 aromatic carbocycles. The Balaban J connectivity index is 1.26. The molecule has 3 aromatic rings. The van der Waals surface area contributed by atoms with Gasteiger partial charge in [-0.25, -0.2) is 9.78 Å². The molecule has 1 atom stereocenters. The average Bonchev–Trinajstić information content (AvgIpc) is 3.41. The smallest absolute Gasteiger partial charge is 0.407 e. The number of aromatic nitrogens is 2. The highest BCUT2D eigenvalue weighted by Crippen LogP contribution is 2.44. The number of carboxylic acid groups (broad SMARTS) is 1. The van der Waals surface area contributed by atoms with Crippen molar-refractivity contribution in [3.63, 3.8) is 0 Å². The van der Waals surface area contributed by atoms with E-state index in [1.54, 1.807) is 4.57 Å². The van der Waals surface area contributed by atoms with Gasteiger partial charge in [-0.3, -0.25) is 9.59 Å². The summed E-state index contributed by atoms with van der Waals surface area (Å²) in [5.74, 6) is -1.71. The predicted octanol–water partition coefficient (Wildman–Crippen LogP) is 2.62. The van der Waals surface area contributed by atoms with E-state index >= 15 is 0 Å². The van der Waals surface area contributed by atoms with E-state index < -0.39 is 24.0 Å². The lowest BCUT2D eigenvalue weighted by atomic mass is 9.98. The Kier molecular flexibility index (Phi) is 6.39. The minimum absolute atomic E-state index is 0.00827. The standard InChI is InChI=1S/C24H24N4O5/c1-15(23(30)31)27-22(29)21-12-28(14-26-21)11-10-25-24(32)33-13-20-18-8-4-2-6-16(18)17-7-3-5-9-19(17)20/h2-9,12,14-15,20H,10-11,13H2,1H3,(H,25,32)(H,27,29)(H,30,31). The van der Waals surface area contributed by atoms with Gasteiger partial charge in [0.15, 0.2) is 0 Å². The number of imidazole rings is 1. The summed E-state index contributed by atoms with van der Waals surface area (Å²) in [5.41, 5.74) is 4.73. The molecule has 1 heterocycles. The number of hydrogen-bond acceptors (Lipinski definition) is 5. The van der Waals surface area contributed by atoms with Gasteiger partial charge in [0.2, 0.25) is 0 Å². The van der Waals surface area contributed by atoms with E-state index in [-0.39, 0.29) is 24.8 Å². The number of nitrogens with one attached hydrogen (secondary N) is 2. The zero-order valence-corrected chi connectivity index (χ0v) is 18.0. The number of carbonyl (C=O) groups is 3. The predicted molar refractivity (Wildman–Crippen MR) is 120 cm³/mol. The lowest BCUT2D eigenvalue weighted by Gasteiger charge is -2.14. The van der Waals surface area contributed by atoms with E-state index in [0.717, 1.165) is 11.1 Å². The Bertz CT molecular complexity index is 1140. The van der Waals surface area contributed by atoms with E-state index in [1.807, 2.05) is 24.3 Å². The molecule has 1 aliphatic carbocycles. The number of rotatable bonds is 8. The van der Waals surface area contributed by atoms with Crippen molar-refractivity contribution in [2.45, 2.75) is 25.4 Å². The molecule has 0 saturated heterocycles. The van der Waals surface area contributed by atoms with Gasteiger partial charge < -0.3 is 25.0 Å². The quantitative estimate of drug-likeness (QED) is 0.487. The Morgan fingerprint density at radius 2 is 1.73 bits per heavy atom. The fourth-order valence-electron chi connectivity index (χ4n) is 3.87. The number of carboxylic acids is 1. The van der Waals surface area contributed by atoms with Crippen LogP contribution in [0.2, 0.25) is 0 Å². The molecule has 0 fully saturated rings. The monoisotopic (exact) mass is 448 g/mol. The van der Waals surface area contributed by atoms with Gasteiger partial charge in [-0.05, 0) is 29.2 Å². The maximum atomic E-state index is 12.2. The molecule has 2 amide bonds. The van der Waals surface area contributed by atoms with Gasteiger partial charge in [0.25, 0.3) is 5.91 Å². The molecular formula is C24H24N4O5. The van der Waals surface area contributed by atoms with E-state index in [2.05, 4.69) is 39.9 Å². The summed E-state index contributed by atoms with van der Waals surface area (Å²) >= 11 is 0. The van der Waals surface area contributed by atoms with Crippen molar-refractivity contribution in [1.29, 1.82) is 0 Å². The van der Waals surface area contributed by atoms with Crippen molar-refractivity contribution in [2.75, 3.05) is 13.2 Å². The third kappa shape index (κ3) is 4.87. The van der Waals surface area contributed by atoms with Gasteiger partial charge in [-0.15, -0.1) is 0 Å². The maximum absolute atomic E-state index is 12.2. The first-order chi connectivity index (χ1) is 15.9. The topological polar surface area (TPSA) is 123 Å². The van der Waals surface area contributed by atoms with Gasteiger partial charge >= 0.3 is 12.1 Å². The SMILES string of the molecule is CC(NC(=O)c1cn(CCNC(=O)OCC2c3ccccc3-c3ccccc32)cn1)C(=O)O. The molecule has 33 heavy (non-hydrogen) atoms. The second-order valence-corrected chi connectivity index (χ2v) is 7.78. The van der Waals surface area contributed by atoms with Crippen molar-refractivity contribution in [3.05, 3.63) is 77.9 Å².